The molecular weight excluding hydrogens is 342 g/mol. The molecule has 1 aliphatic heterocycles. The zero-order valence-corrected chi connectivity index (χ0v) is 15.2. The summed E-state index contributed by atoms with van der Waals surface area (Å²) in [5, 5.41) is 0. The summed E-state index contributed by atoms with van der Waals surface area (Å²) in [4.78, 5) is 14.7. The number of nitrogens with one attached hydrogen (secondary N) is 1. The molecule has 0 radical (unpaired) electrons. The Bertz CT molecular complexity index is 746. The average molecular weight is 367 g/mol. The summed E-state index contributed by atoms with van der Waals surface area (Å²) in [6.45, 7) is 1.06. The zero-order chi connectivity index (χ0) is 18.0. The number of hydrogen-bond acceptors (Lipinski definition) is 5. The molecule has 1 atom stereocenters. The summed E-state index contributed by atoms with van der Waals surface area (Å²) in [5.41, 5.74) is 6.14. The van der Waals surface area contributed by atoms with Crippen LogP contribution in [0.15, 0.2) is 23.1 Å². The second-order valence-corrected chi connectivity index (χ2v) is 8.33. The first-order valence-electron chi connectivity index (χ1n) is 8.67. The molecule has 8 heteroatoms. The zero-order valence-electron chi connectivity index (χ0n) is 14.4. The maximum absolute atomic E-state index is 12.9. The molecule has 1 aromatic rings. The minimum atomic E-state index is -3.72. The van der Waals surface area contributed by atoms with Crippen LogP contribution in [0, 0.1) is 0 Å². The van der Waals surface area contributed by atoms with Gasteiger partial charge in [0, 0.05) is 30.7 Å². The highest BCUT2D eigenvalue weighted by molar-refractivity contribution is 7.89. The molecule has 138 valence electrons. The predicted octanol–water partition coefficient (Wildman–Crippen LogP) is 1.09. The fourth-order valence-electron chi connectivity index (χ4n) is 3.18. The summed E-state index contributed by atoms with van der Waals surface area (Å²) < 4.78 is 33.0. The number of amides is 1. The van der Waals surface area contributed by atoms with Crippen molar-refractivity contribution in [2.45, 2.75) is 49.1 Å². The highest BCUT2D eigenvalue weighted by Gasteiger charge is 2.32. The van der Waals surface area contributed by atoms with Crippen molar-refractivity contribution < 1.29 is 17.9 Å². The summed E-state index contributed by atoms with van der Waals surface area (Å²) >= 11 is 0. The molecule has 0 aromatic heterocycles. The summed E-state index contributed by atoms with van der Waals surface area (Å²) in [5.74, 6) is 0.0550. The molecule has 1 saturated carbocycles. The van der Waals surface area contributed by atoms with Crippen molar-refractivity contribution >= 4 is 15.9 Å². The molecule has 3 rings (SSSR count). The summed E-state index contributed by atoms with van der Waals surface area (Å²) in [7, 11) is -2.30. The van der Waals surface area contributed by atoms with E-state index in [1.807, 2.05) is 0 Å². The normalized spacial score (nSPS) is 21.2. The lowest BCUT2D eigenvalue weighted by Gasteiger charge is -2.35. The van der Waals surface area contributed by atoms with Crippen molar-refractivity contribution in [3.05, 3.63) is 23.8 Å². The Hall–Kier alpha value is -1.64. The number of nitrogens with zero attached hydrogens (tertiary/aromatic N) is 1. The summed E-state index contributed by atoms with van der Waals surface area (Å²) in [6.07, 6.45) is 4.55. The molecule has 1 saturated heterocycles. The number of sulfonamides is 1. The lowest BCUT2D eigenvalue weighted by atomic mass is 10.0. The molecule has 25 heavy (non-hydrogen) atoms. The van der Waals surface area contributed by atoms with Crippen LogP contribution in [0.3, 0.4) is 0 Å². The van der Waals surface area contributed by atoms with Crippen molar-refractivity contribution in [3.8, 4) is 5.75 Å². The van der Waals surface area contributed by atoms with Gasteiger partial charge in [-0.2, -0.15) is 0 Å². The Morgan fingerprint density at radius 1 is 1.32 bits per heavy atom. The van der Waals surface area contributed by atoms with E-state index in [-0.39, 0.29) is 28.6 Å². The Balaban J connectivity index is 1.91. The minimum Gasteiger partial charge on any atom is -0.495 e. The van der Waals surface area contributed by atoms with Crippen LogP contribution in [0.5, 0.6) is 5.75 Å². The third-order valence-electron chi connectivity index (χ3n) is 4.76. The first-order chi connectivity index (χ1) is 12.0. The van der Waals surface area contributed by atoms with E-state index in [0.717, 1.165) is 32.1 Å². The second-order valence-electron chi connectivity index (χ2n) is 6.65. The molecule has 1 amide bonds. The first kappa shape index (κ1) is 18.2. The molecule has 1 heterocycles. The van der Waals surface area contributed by atoms with Gasteiger partial charge in [0.1, 0.15) is 10.6 Å². The van der Waals surface area contributed by atoms with E-state index < -0.39 is 10.0 Å². The van der Waals surface area contributed by atoms with E-state index in [4.69, 9.17) is 10.5 Å². The number of piperidine rings is 1. The van der Waals surface area contributed by atoms with E-state index in [1.165, 1.54) is 19.2 Å². The quantitative estimate of drug-likeness (QED) is 0.784. The van der Waals surface area contributed by atoms with E-state index in [0.29, 0.717) is 18.7 Å². The average Bonchev–Trinajstić information content (AvgIpc) is 3.43. The SMILES string of the molecule is COc1ccc(C(=O)N2CCCCC2CN)cc1S(=O)(=O)NC1CC1. The van der Waals surface area contributed by atoms with Crippen LogP contribution in [-0.4, -0.2) is 51.5 Å². The molecule has 0 bridgehead atoms. The molecule has 2 fully saturated rings. The van der Waals surface area contributed by atoms with Crippen molar-refractivity contribution in [3.63, 3.8) is 0 Å². The molecular formula is C17H25N3O4S. The van der Waals surface area contributed by atoms with E-state index in [2.05, 4.69) is 4.72 Å². The van der Waals surface area contributed by atoms with Gasteiger partial charge < -0.3 is 15.4 Å². The lowest BCUT2D eigenvalue weighted by Crippen LogP contribution is -2.47. The number of likely N-dealkylation sites (tertiary alicyclic amines) is 1. The molecule has 1 aliphatic carbocycles. The molecule has 1 aromatic carbocycles. The third-order valence-corrected chi connectivity index (χ3v) is 6.30. The third kappa shape index (κ3) is 3.96. The van der Waals surface area contributed by atoms with Gasteiger partial charge in [-0.3, -0.25) is 4.79 Å². The predicted molar refractivity (Wildman–Crippen MR) is 94.1 cm³/mol. The van der Waals surface area contributed by atoms with Crippen LogP contribution in [0.25, 0.3) is 0 Å². The minimum absolute atomic E-state index is 0.00741. The van der Waals surface area contributed by atoms with E-state index in [1.54, 1.807) is 11.0 Å². The van der Waals surface area contributed by atoms with Crippen molar-refractivity contribution in [2.75, 3.05) is 20.2 Å². The van der Waals surface area contributed by atoms with Crippen LogP contribution in [-0.2, 0) is 10.0 Å². The fraction of sp³-hybridized carbons (Fsp3) is 0.588. The number of methoxy groups -OCH3 is 1. The smallest absolute Gasteiger partial charge is 0.254 e. The van der Waals surface area contributed by atoms with Crippen LogP contribution in [0.1, 0.15) is 42.5 Å². The number of rotatable bonds is 6. The lowest BCUT2D eigenvalue weighted by molar-refractivity contribution is 0.0623. The van der Waals surface area contributed by atoms with Gasteiger partial charge in [0.15, 0.2) is 0 Å². The maximum Gasteiger partial charge on any atom is 0.254 e. The van der Waals surface area contributed by atoms with E-state index >= 15 is 0 Å². The van der Waals surface area contributed by atoms with Crippen LogP contribution in [0.2, 0.25) is 0 Å². The highest BCUT2D eigenvalue weighted by Crippen LogP contribution is 2.29. The molecule has 7 nitrogen and oxygen atoms in total. The van der Waals surface area contributed by atoms with Gasteiger partial charge in [0.25, 0.3) is 5.91 Å². The highest BCUT2D eigenvalue weighted by atomic mass is 32.2. The number of hydrogen-bond donors (Lipinski definition) is 2. The van der Waals surface area contributed by atoms with Gasteiger partial charge in [-0.1, -0.05) is 0 Å². The summed E-state index contributed by atoms with van der Waals surface area (Å²) in [6, 6.07) is 4.55. The Labute approximate surface area is 148 Å². The Morgan fingerprint density at radius 3 is 2.72 bits per heavy atom. The van der Waals surface area contributed by atoms with Crippen molar-refractivity contribution in [2.24, 2.45) is 5.73 Å². The molecule has 2 aliphatic rings. The van der Waals surface area contributed by atoms with Gasteiger partial charge in [-0.05, 0) is 50.3 Å². The molecule has 3 N–H and O–H groups in total. The second kappa shape index (κ2) is 7.31. The van der Waals surface area contributed by atoms with Crippen molar-refractivity contribution in [1.29, 1.82) is 0 Å². The fourth-order valence-corrected chi connectivity index (χ4v) is 4.68. The largest absolute Gasteiger partial charge is 0.495 e. The monoisotopic (exact) mass is 367 g/mol. The first-order valence-corrected chi connectivity index (χ1v) is 10.2. The standard InChI is InChI=1S/C17H25N3O4S/c1-24-15-8-5-12(10-16(15)25(22,23)19-13-6-7-13)17(21)20-9-3-2-4-14(20)11-18/h5,8,10,13-14,19H,2-4,6-7,9,11,18H2,1H3. The molecule has 1 unspecified atom stereocenters. The number of carbonyl (C=O) groups is 1. The maximum atomic E-state index is 12.9. The van der Waals surface area contributed by atoms with Gasteiger partial charge in [-0.15, -0.1) is 0 Å². The number of nitrogens with two attached hydrogens (primary N) is 1. The number of carbonyl (C=O) groups excluding carboxylic acids is 1. The van der Waals surface area contributed by atoms with Gasteiger partial charge in [0.05, 0.1) is 7.11 Å². The van der Waals surface area contributed by atoms with Crippen LogP contribution in [0.4, 0.5) is 0 Å². The number of benzene rings is 1. The van der Waals surface area contributed by atoms with Gasteiger partial charge in [-0.25, -0.2) is 13.1 Å². The Kier molecular flexibility index (Phi) is 5.31. The Morgan fingerprint density at radius 2 is 2.08 bits per heavy atom. The topological polar surface area (TPSA) is 102 Å². The van der Waals surface area contributed by atoms with Gasteiger partial charge >= 0.3 is 0 Å². The van der Waals surface area contributed by atoms with Crippen LogP contribution < -0.4 is 15.2 Å². The van der Waals surface area contributed by atoms with E-state index in [9.17, 15) is 13.2 Å². The van der Waals surface area contributed by atoms with Crippen molar-refractivity contribution in [1.82, 2.24) is 9.62 Å². The van der Waals surface area contributed by atoms with Crippen LogP contribution >= 0.6 is 0 Å². The van der Waals surface area contributed by atoms with Gasteiger partial charge in [0.2, 0.25) is 10.0 Å². The molecule has 0 spiro atoms. The number of ether oxygens (including phenoxy) is 1.